The van der Waals surface area contributed by atoms with Gasteiger partial charge in [-0.2, -0.15) is 0 Å². The number of fused-ring (bicyclic) bond motifs is 15. The molecular formula is C123H105N7. The van der Waals surface area contributed by atoms with Gasteiger partial charge >= 0.3 is 0 Å². The predicted octanol–water partition coefficient (Wildman–Crippen LogP) is 35.2. The van der Waals surface area contributed by atoms with E-state index in [1.54, 1.807) is 0 Å². The number of nitrogens with zero attached hydrogens (tertiary/aromatic N) is 7. The molecule has 0 saturated carbocycles. The van der Waals surface area contributed by atoms with Crippen molar-refractivity contribution in [2.75, 3.05) is 34.3 Å². The number of hydrogen-bond acceptors (Lipinski definition) is 7. The highest BCUT2D eigenvalue weighted by Gasteiger charge is 2.56. The topological polar surface area (TPSA) is 22.7 Å². The van der Waals surface area contributed by atoms with Gasteiger partial charge in [0.25, 0.3) is 0 Å². The summed E-state index contributed by atoms with van der Waals surface area (Å²) >= 11 is 0. The van der Waals surface area contributed by atoms with E-state index < -0.39 is 16.2 Å². The molecule has 3 aliphatic heterocycles. The van der Waals surface area contributed by atoms with Crippen LogP contribution in [0.25, 0.3) is 65.7 Å². The molecule has 0 fully saturated rings. The van der Waals surface area contributed by atoms with Gasteiger partial charge in [-0.25, -0.2) is 0 Å². The zero-order chi connectivity index (χ0) is 88.7. The second-order valence-electron chi connectivity index (χ2n) is 41.5. The van der Waals surface area contributed by atoms with E-state index in [9.17, 15) is 0 Å². The number of para-hydroxylation sites is 3. The van der Waals surface area contributed by atoms with Crippen LogP contribution in [0.5, 0.6) is 0 Å². The quantitative estimate of drug-likeness (QED) is 0.120. The maximum absolute atomic E-state index is 2.81. The van der Waals surface area contributed by atoms with E-state index in [1.807, 2.05) is 0 Å². The lowest BCUT2D eigenvalue weighted by molar-refractivity contribution is 0.590. The molecule has 3 heterocycles. The van der Waals surface area contributed by atoms with Crippen LogP contribution in [0.3, 0.4) is 0 Å². The molecule has 0 N–H and O–H groups in total. The van der Waals surface area contributed by atoms with Gasteiger partial charge in [-0.1, -0.05) is 304 Å². The molecule has 18 aromatic carbocycles. The second kappa shape index (κ2) is 28.2. The number of anilines is 21. The van der Waals surface area contributed by atoms with Crippen molar-refractivity contribution in [3.05, 3.63) is 414 Å². The van der Waals surface area contributed by atoms with Crippen molar-refractivity contribution >= 4 is 152 Å². The van der Waals surface area contributed by atoms with Gasteiger partial charge in [0.1, 0.15) is 0 Å². The molecule has 0 atom stereocenters. The van der Waals surface area contributed by atoms with Crippen LogP contribution >= 0.6 is 0 Å². The Balaban J connectivity index is 0.797. The molecular weight excluding hydrogens is 1580 g/mol. The van der Waals surface area contributed by atoms with E-state index >= 15 is 0 Å². The van der Waals surface area contributed by atoms with Crippen molar-refractivity contribution < 1.29 is 0 Å². The monoisotopic (exact) mass is 1680 g/mol. The summed E-state index contributed by atoms with van der Waals surface area (Å²) in [5, 5.41) is 7.23. The lowest BCUT2D eigenvalue weighted by Crippen LogP contribution is -2.37. The van der Waals surface area contributed by atoms with Gasteiger partial charge in [0.05, 0.1) is 51.2 Å². The first kappa shape index (κ1) is 78.8. The van der Waals surface area contributed by atoms with Crippen LogP contribution in [0.2, 0.25) is 0 Å². The SMILES string of the molecule is CC(C)(C)c1ccc(N(c2ccc3c(c2)C(C)(C)c2cc4c5c(c2-3)N(c2ccccc2)c2cc3c(c6c2N5c2c(cc5c(c2N4c2ccccc2)-c2ccc(N(c4ccc(C(C)(C)C)cc4)c4ccc7ccccc7c4)cc2C5(C)C)N6c2ccccc2)-c2ccc(N(c4ccc(C(C)(C)C)cc4)c4ccc5ccccc5c4)cc2C3(C)C)c2ccc3ccccc3c2)cc1. The molecule has 24 rings (SSSR count). The first-order chi connectivity index (χ1) is 62.6. The summed E-state index contributed by atoms with van der Waals surface area (Å²) in [4.78, 5) is 18.4. The fraction of sp³-hybridized carbons (Fsp3) is 0.171. The van der Waals surface area contributed by atoms with Crippen molar-refractivity contribution in [2.45, 2.75) is 136 Å². The van der Waals surface area contributed by atoms with Crippen molar-refractivity contribution in [3.8, 4) is 33.4 Å². The summed E-state index contributed by atoms with van der Waals surface area (Å²) in [5.41, 5.74) is 40.5. The maximum atomic E-state index is 2.81. The van der Waals surface area contributed by atoms with Crippen molar-refractivity contribution in [1.29, 1.82) is 0 Å². The van der Waals surface area contributed by atoms with Gasteiger partial charge in [-0.05, 0) is 279 Å². The maximum Gasteiger partial charge on any atom is 0.0955 e. The molecule has 632 valence electrons. The molecule has 18 aromatic rings. The third-order valence-corrected chi connectivity index (χ3v) is 29.5. The Hall–Kier alpha value is -14.7. The summed E-state index contributed by atoms with van der Waals surface area (Å²) < 4.78 is 0. The van der Waals surface area contributed by atoms with Crippen LogP contribution in [0.4, 0.5) is 119 Å². The minimum absolute atomic E-state index is 0.0279. The molecule has 3 aliphatic carbocycles. The van der Waals surface area contributed by atoms with Crippen LogP contribution in [-0.4, -0.2) is 0 Å². The zero-order valence-electron chi connectivity index (χ0n) is 76.8. The average molecular weight is 1680 g/mol. The van der Waals surface area contributed by atoms with Gasteiger partial charge in [0, 0.05) is 101 Å². The first-order valence-corrected chi connectivity index (χ1v) is 46.3. The zero-order valence-corrected chi connectivity index (χ0v) is 76.8. The van der Waals surface area contributed by atoms with Crippen LogP contribution < -0.4 is 34.3 Å². The minimum Gasteiger partial charge on any atom is -0.310 e. The average Bonchev–Trinajstić information content (AvgIpc) is 1.39. The Morgan fingerprint density at radius 1 is 0.192 bits per heavy atom. The molecule has 0 aromatic heterocycles. The van der Waals surface area contributed by atoms with E-state index in [-0.39, 0.29) is 16.2 Å². The third kappa shape index (κ3) is 11.8. The molecule has 0 radical (unpaired) electrons. The summed E-state index contributed by atoms with van der Waals surface area (Å²) in [6, 6.07) is 140. The van der Waals surface area contributed by atoms with Gasteiger partial charge in [-0.15, -0.1) is 0 Å². The van der Waals surface area contributed by atoms with E-state index in [2.05, 4.69) is 502 Å². The standard InChI is InChI=1S/C123H105N7/c1-118(2,3)82-46-55-88(56-47-82)124(91-52-43-76-31-25-28-34-79(76)67-91)94-61-64-97-100(70-94)121(10,11)103-73-106-112-115(109(97)103)127(85-37-19-16-20-38-85)107-74-104-111(99-66-63-96(72-102(99)122(104,12)13)126(90-59-50-84(51-60-90)120(7,8)9)93-54-45-78-33-27-30-36-81(78)69-93)117-113(107)130(112)114-108(129(117)87-41-23-18-24-42-87)75-105-110(116(114)128(106)86-39-21-17-22-40-86)98-65-62-95(71-101(98)123(105,14)15)125(89-57-48-83(49-58-89)119(4,5)6)92-53-44-77-32-26-29-35-80(77)68-92/h16-75H,1-15H3. The molecule has 7 nitrogen and oxygen atoms in total. The molecule has 0 bridgehead atoms. The molecule has 0 amide bonds. The molecule has 130 heavy (non-hydrogen) atoms. The van der Waals surface area contributed by atoms with E-state index in [4.69, 9.17) is 0 Å². The molecule has 0 saturated heterocycles. The Morgan fingerprint density at radius 3 is 0.669 bits per heavy atom. The largest absolute Gasteiger partial charge is 0.310 e. The molecule has 6 aliphatic rings. The number of benzene rings is 18. The number of rotatable bonds is 12. The highest BCUT2D eigenvalue weighted by Crippen LogP contribution is 2.78. The summed E-state index contributed by atoms with van der Waals surface area (Å²) in [5.74, 6) is 0. The Morgan fingerprint density at radius 2 is 0.415 bits per heavy atom. The predicted molar refractivity (Wildman–Crippen MR) is 551 cm³/mol. The fourth-order valence-electron chi connectivity index (χ4n) is 22.6. The van der Waals surface area contributed by atoms with Crippen molar-refractivity contribution in [1.82, 2.24) is 0 Å². The second-order valence-corrected chi connectivity index (χ2v) is 41.5. The fourth-order valence-corrected chi connectivity index (χ4v) is 22.6. The van der Waals surface area contributed by atoms with Crippen molar-refractivity contribution in [3.63, 3.8) is 0 Å². The summed E-state index contributed by atoms with van der Waals surface area (Å²) in [7, 11) is 0. The first-order valence-electron chi connectivity index (χ1n) is 46.3. The van der Waals surface area contributed by atoms with Crippen LogP contribution in [0, 0.1) is 0 Å². The Kier molecular flexibility index (Phi) is 17.1. The Bertz CT molecular complexity index is 7020. The normalized spacial score (nSPS) is 14.7. The van der Waals surface area contributed by atoms with Gasteiger partial charge < -0.3 is 29.4 Å². The molecule has 0 spiro atoms. The van der Waals surface area contributed by atoms with Crippen LogP contribution in [0.15, 0.2) is 364 Å². The highest BCUT2D eigenvalue weighted by molar-refractivity contribution is 6.27. The minimum atomic E-state index is -0.562. The van der Waals surface area contributed by atoms with Crippen LogP contribution in [0.1, 0.15) is 154 Å². The van der Waals surface area contributed by atoms with E-state index in [0.29, 0.717) is 0 Å². The highest BCUT2D eigenvalue weighted by atomic mass is 15.4. The lowest BCUT2D eigenvalue weighted by atomic mass is 9.78. The van der Waals surface area contributed by atoms with Gasteiger partial charge in [0.15, 0.2) is 0 Å². The van der Waals surface area contributed by atoms with Crippen molar-refractivity contribution in [2.24, 2.45) is 0 Å². The van der Waals surface area contributed by atoms with E-state index in [1.165, 1.54) is 116 Å². The molecule has 0 unspecified atom stereocenters. The lowest BCUT2D eigenvalue weighted by Gasteiger charge is -2.53. The smallest absolute Gasteiger partial charge is 0.0955 e. The summed E-state index contributed by atoms with van der Waals surface area (Å²) in [6.07, 6.45) is 0. The van der Waals surface area contributed by atoms with Crippen LogP contribution in [-0.2, 0) is 32.5 Å². The van der Waals surface area contributed by atoms with Gasteiger partial charge in [-0.3, -0.25) is 4.90 Å². The van der Waals surface area contributed by atoms with Gasteiger partial charge in [0.2, 0.25) is 0 Å². The molecule has 7 heteroatoms. The Labute approximate surface area is 764 Å². The van der Waals surface area contributed by atoms with E-state index in [0.717, 1.165) is 119 Å². The summed E-state index contributed by atoms with van der Waals surface area (Å²) in [6.45, 7) is 35.7. The number of hydrogen-bond donors (Lipinski definition) is 0. The third-order valence-electron chi connectivity index (χ3n) is 29.5.